The highest BCUT2D eigenvalue weighted by Crippen LogP contribution is 2.47. The first-order valence-corrected chi connectivity index (χ1v) is 20.3. The van der Waals surface area contributed by atoms with E-state index in [0.29, 0.717) is 42.7 Å². The summed E-state index contributed by atoms with van der Waals surface area (Å²) in [5.74, 6) is 0.559. The van der Waals surface area contributed by atoms with Gasteiger partial charge in [0.05, 0.1) is 36.3 Å². The predicted octanol–water partition coefficient (Wildman–Crippen LogP) is 5.21. The molecule has 2 aliphatic carbocycles. The van der Waals surface area contributed by atoms with E-state index in [0.717, 1.165) is 68.5 Å². The highest BCUT2D eigenvalue weighted by Gasteiger charge is 2.44. The van der Waals surface area contributed by atoms with Crippen molar-refractivity contribution < 1.29 is 33.0 Å². The second-order valence-electron chi connectivity index (χ2n) is 15.9. The van der Waals surface area contributed by atoms with Crippen molar-refractivity contribution >= 4 is 39.5 Å². The number of anilines is 1. The summed E-state index contributed by atoms with van der Waals surface area (Å²) in [4.78, 5) is 29.8. The molecule has 3 N–H and O–H groups in total. The Labute approximate surface area is 308 Å². The van der Waals surface area contributed by atoms with Crippen molar-refractivity contribution in [2.45, 2.75) is 88.3 Å². The molecule has 12 heteroatoms. The van der Waals surface area contributed by atoms with Crippen LogP contribution in [0, 0.1) is 23.7 Å². The van der Waals surface area contributed by atoms with Crippen LogP contribution in [0.1, 0.15) is 87.2 Å². The molecule has 0 saturated heterocycles. The molecule has 1 unspecified atom stereocenters. The maximum absolute atomic E-state index is 13.3. The average Bonchev–Trinajstić information content (AvgIpc) is 3.24. The molecule has 1 fully saturated rings. The molecule has 51 heavy (non-hydrogen) atoms. The number of likely N-dealkylation sites (N-methyl/N-ethyl adjacent to an activating group) is 1. The number of hydrogen-bond acceptors (Lipinski definition) is 9. The number of halogens is 1. The van der Waals surface area contributed by atoms with Gasteiger partial charge >= 0.3 is 0 Å². The van der Waals surface area contributed by atoms with Crippen molar-refractivity contribution in [1.29, 1.82) is 0 Å². The zero-order valence-corrected chi connectivity index (χ0v) is 32.3. The van der Waals surface area contributed by atoms with Gasteiger partial charge in [-0.25, -0.2) is 13.1 Å². The summed E-state index contributed by atoms with van der Waals surface area (Å²) in [6.45, 7) is 7.30. The smallest absolute Gasteiger partial charge is 0.264 e. The van der Waals surface area contributed by atoms with E-state index in [1.807, 2.05) is 27.1 Å². The minimum Gasteiger partial charge on any atom is -0.490 e. The van der Waals surface area contributed by atoms with Crippen molar-refractivity contribution in [2.24, 2.45) is 23.7 Å². The van der Waals surface area contributed by atoms with Crippen LogP contribution in [0.3, 0.4) is 0 Å². The first-order chi connectivity index (χ1) is 24.2. The van der Waals surface area contributed by atoms with Gasteiger partial charge in [-0.3, -0.25) is 9.69 Å². The van der Waals surface area contributed by atoms with Crippen molar-refractivity contribution in [3.8, 4) is 5.75 Å². The van der Waals surface area contributed by atoms with Crippen LogP contribution in [0.5, 0.6) is 5.75 Å². The second-order valence-corrected chi connectivity index (χ2v) is 18.4. The average molecular weight is 746 g/mol. The van der Waals surface area contributed by atoms with Crippen LogP contribution in [-0.2, 0) is 26.7 Å². The van der Waals surface area contributed by atoms with E-state index in [4.69, 9.17) is 26.6 Å². The molecule has 282 valence electrons. The molecule has 0 aromatic heterocycles. The Kier molecular flexibility index (Phi) is 12.5. The molecule has 6 rings (SSSR count). The summed E-state index contributed by atoms with van der Waals surface area (Å²) in [5, 5.41) is 17.5. The molecule has 0 radical (unpaired) electrons. The summed E-state index contributed by atoms with van der Waals surface area (Å²) in [5.41, 5.74) is 2.90. The molecule has 1 spiro atoms. The van der Waals surface area contributed by atoms with Gasteiger partial charge in [0.25, 0.3) is 5.91 Å². The molecule has 1 saturated carbocycles. The number of amides is 1. The number of carbonyl (C=O) groups is 2. The molecule has 2 aliphatic heterocycles. The lowest BCUT2D eigenvalue weighted by Crippen LogP contribution is -2.49. The number of aliphatic hydroxyl groups excluding tert-OH is 2. The highest BCUT2D eigenvalue weighted by molar-refractivity contribution is 7.90. The first-order valence-electron chi connectivity index (χ1n) is 18.4. The van der Waals surface area contributed by atoms with Crippen molar-refractivity contribution in [2.75, 3.05) is 51.9 Å². The summed E-state index contributed by atoms with van der Waals surface area (Å²) >= 11 is 6.39. The topological polar surface area (TPSA) is 136 Å². The first kappa shape index (κ1) is 39.5. The van der Waals surface area contributed by atoms with Crippen LogP contribution in [0.25, 0.3) is 0 Å². The Hall–Kier alpha value is -2.70. The van der Waals surface area contributed by atoms with Crippen LogP contribution in [0.4, 0.5) is 5.69 Å². The van der Waals surface area contributed by atoms with Crippen LogP contribution < -0.4 is 14.4 Å². The molecule has 10 nitrogen and oxygen atoms in total. The Bertz CT molecular complexity index is 1670. The maximum atomic E-state index is 13.3. The van der Waals surface area contributed by atoms with E-state index in [1.165, 1.54) is 11.1 Å². The van der Waals surface area contributed by atoms with Gasteiger partial charge in [-0.1, -0.05) is 31.0 Å². The van der Waals surface area contributed by atoms with E-state index in [-0.39, 0.29) is 30.5 Å². The van der Waals surface area contributed by atoms with E-state index in [2.05, 4.69) is 21.8 Å². The number of hydrogen-bond donors (Lipinski definition) is 3. The van der Waals surface area contributed by atoms with Crippen molar-refractivity contribution in [3.63, 3.8) is 0 Å². The number of aldehydes is 1. The third-order valence-electron chi connectivity index (χ3n) is 12.4. The van der Waals surface area contributed by atoms with Crippen LogP contribution in [0.2, 0.25) is 5.02 Å². The molecular formula is C39H56ClN3O7S. The zero-order valence-electron chi connectivity index (χ0n) is 30.7. The minimum atomic E-state index is -3.89. The lowest BCUT2D eigenvalue weighted by Gasteiger charge is -2.46. The standard InChI is InChI=1S/C33H41ClN2O5S.C6H15NO2/c1-21-5-3-6-26(18-37)28-11-8-25(28)17-36-19-33(14-4-7-23-15-27(34)10-12-29(23)33)20-41-31-13-9-24(16-30(31)36)32(38)35-42(39,40)22(21)2;1-6(4-8,5-9)7(2)3/h9-10,12-13,15-16,18,21-22,25-26,28H,3-8,11,14,17,19-20H2,1-2H3,(H,35,38);8-9H,4-5H2,1-3H3/t21-,22+,25-,26?,28+,33-;/m0./s1. The zero-order chi connectivity index (χ0) is 37.1. The number of sulfonamides is 1. The maximum Gasteiger partial charge on any atom is 0.264 e. The summed E-state index contributed by atoms with van der Waals surface area (Å²) < 4.78 is 35.3. The van der Waals surface area contributed by atoms with E-state index in [1.54, 1.807) is 36.9 Å². The molecule has 2 aromatic rings. The van der Waals surface area contributed by atoms with Gasteiger partial charge in [0.1, 0.15) is 12.0 Å². The monoisotopic (exact) mass is 745 g/mol. The minimum absolute atomic E-state index is 0.0174. The normalized spacial score (nSPS) is 29.2. The van der Waals surface area contributed by atoms with Gasteiger partial charge in [0, 0.05) is 35.0 Å². The fraction of sp³-hybridized carbons (Fsp3) is 0.641. The third-order valence-corrected chi connectivity index (χ3v) is 14.6. The SMILES string of the molecule is CN(C)C(C)(CO)CO.C[C@@H]1[C@@H](C)CCCC(C=O)[C@@H]2CC[C@H]2CN2C[C@@]3(CCCc4cc(Cl)ccc43)COc3ccc(cc32)C(=O)NS1(=O)=O. The number of aryl methyl sites for hydroxylation is 1. The second kappa shape index (κ2) is 16.1. The summed E-state index contributed by atoms with van der Waals surface area (Å²) in [7, 11) is -0.237. The van der Waals surface area contributed by atoms with Crippen molar-refractivity contribution in [1.82, 2.24) is 9.62 Å². The number of ether oxygens (including phenoxy) is 1. The number of fused-ring (bicyclic) bond motifs is 4. The fourth-order valence-electron chi connectivity index (χ4n) is 8.14. The van der Waals surface area contributed by atoms with E-state index >= 15 is 0 Å². The Morgan fingerprint density at radius 3 is 2.45 bits per heavy atom. The van der Waals surface area contributed by atoms with Crippen molar-refractivity contribution in [3.05, 3.63) is 58.1 Å². The lowest BCUT2D eigenvalue weighted by molar-refractivity contribution is -0.115. The van der Waals surface area contributed by atoms with Gasteiger partial charge in [-0.05, 0) is 132 Å². The third kappa shape index (κ3) is 8.43. The predicted molar refractivity (Wildman–Crippen MR) is 201 cm³/mol. The van der Waals surface area contributed by atoms with Crippen LogP contribution >= 0.6 is 11.6 Å². The largest absolute Gasteiger partial charge is 0.490 e. The number of aliphatic hydroxyl groups is 2. The highest BCUT2D eigenvalue weighted by atomic mass is 35.5. The molecule has 6 atom stereocenters. The Morgan fingerprint density at radius 2 is 1.82 bits per heavy atom. The molecular weight excluding hydrogens is 690 g/mol. The molecule has 1 amide bonds. The summed E-state index contributed by atoms with van der Waals surface area (Å²) in [6, 6.07) is 11.4. The van der Waals surface area contributed by atoms with Gasteiger partial charge in [0.2, 0.25) is 10.0 Å². The van der Waals surface area contributed by atoms with E-state index < -0.39 is 26.7 Å². The van der Waals surface area contributed by atoms with Gasteiger partial charge < -0.3 is 24.6 Å². The Morgan fingerprint density at radius 1 is 1.08 bits per heavy atom. The molecule has 2 aromatic carbocycles. The molecule has 2 bridgehead atoms. The van der Waals surface area contributed by atoms with Gasteiger partial charge in [0.15, 0.2) is 0 Å². The van der Waals surface area contributed by atoms with E-state index in [9.17, 15) is 18.0 Å². The number of carbonyl (C=O) groups excluding carboxylic acids is 2. The summed E-state index contributed by atoms with van der Waals surface area (Å²) in [6.07, 6.45) is 8.43. The number of rotatable bonds is 4. The molecule has 4 aliphatic rings. The van der Waals surface area contributed by atoms with Crippen LogP contribution in [-0.4, -0.2) is 93.5 Å². The molecule has 2 heterocycles. The van der Waals surface area contributed by atoms with Gasteiger partial charge in [-0.2, -0.15) is 0 Å². The fourth-order valence-corrected chi connectivity index (χ4v) is 9.64. The van der Waals surface area contributed by atoms with Crippen LogP contribution in [0.15, 0.2) is 36.4 Å². The number of nitrogens with one attached hydrogen (secondary N) is 1. The number of benzene rings is 2. The van der Waals surface area contributed by atoms with Gasteiger partial charge in [-0.15, -0.1) is 0 Å². The lowest BCUT2D eigenvalue weighted by atomic mass is 9.65. The number of nitrogens with zero attached hydrogens (tertiary/aromatic N) is 2. The Balaban J connectivity index is 0.000000496. The quantitative estimate of drug-likeness (QED) is 0.361.